The maximum atomic E-state index is 11.5. The van der Waals surface area contributed by atoms with Crippen LogP contribution in [-0.4, -0.2) is 50.9 Å². The van der Waals surface area contributed by atoms with Gasteiger partial charge in [-0.1, -0.05) is 5.21 Å². The molecular formula is C14H20N4O4. The Morgan fingerprint density at radius 2 is 2.23 bits per heavy atom. The fourth-order valence-corrected chi connectivity index (χ4v) is 4.22. The fourth-order valence-electron chi connectivity index (χ4n) is 4.22. The zero-order valence-electron chi connectivity index (χ0n) is 12.7. The van der Waals surface area contributed by atoms with Gasteiger partial charge in [-0.25, -0.2) is 4.68 Å². The minimum absolute atomic E-state index is 0.140. The van der Waals surface area contributed by atoms with Crippen LogP contribution in [0.25, 0.3) is 0 Å². The Kier molecular flexibility index (Phi) is 2.47. The van der Waals surface area contributed by atoms with E-state index in [9.17, 15) is 5.11 Å². The van der Waals surface area contributed by atoms with Crippen molar-refractivity contribution in [2.45, 2.75) is 69.2 Å². The molecule has 0 saturated carbocycles. The van der Waals surface area contributed by atoms with E-state index in [0.29, 0.717) is 6.54 Å². The smallest absolute Gasteiger partial charge is 0.191 e. The third-order valence-corrected chi connectivity index (χ3v) is 5.15. The molecule has 0 amide bonds. The molecule has 4 aliphatic rings. The fraction of sp³-hybridized carbons (Fsp3) is 0.857. The Bertz CT molecular complexity index is 626. The Balaban J connectivity index is 1.59. The average Bonchev–Trinajstić information content (AvgIpc) is 3.18. The highest BCUT2D eigenvalue weighted by Crippen LogP contribution is 2.52. The van der Waals surface area contributed by atoms with E-state index in [1.165, 1.54) is 0 Å². The quantitative estimate of drug-likeness (QED) is 0.741. The number of hydrogen-bond acceptors (Lipinski definition) is 7. The monoisotopic (exact) mass is 308 g/mol. The summed E-state index contributed by atoms with van der Waals surface area (Å²) < 4.78 is 19.4. The van der Waals surface area contributed by atoms with Gasteiger partial charge in [0.2, 0.25) is 0 Å². The number of aliphatic hydroxyl groups is 1. The molecule has 3 saturated heterocycles. The number of nitrogens with one attached hydrogen (secondary N) is 1. The lowest BCUT2D eigenvalue weighted by Crippen LogP contribution is -2.44. The van der Waals surface area contributed by atoms with Crippen molar-refractivity contribution in [1.29, 1.82) is 0 Å². The zero-order chi connectivity index (χ0) is 15.1. The lowest BCUT2D eigenvalue weighted by molar-refractivity contribution is -0.228. The van der Waals surface area contributed by atoms with E-state index in [-0.39, 0.29) is 6.04 Å². The van der Waals surface area contributed by atoms with E-state index in [1.54, 1.807) is 4.68 Å². The van der Waals surface area contributed by atoms with Crippen molar-refractivity contribution in [1.82, 2.24) is 20.3 Å². The maximum absolute atomic E-state index is 11.5. The SMILES string of the molecule is CC1(C)O[C@H]2O[C@@H]3Cn4nnc([C@@H]5CCCN5)c4[C@]3(O)[C@H]2O1. The van der Waals surface area contributed by atoms with E-state index in [0.717, 1.165) is 30.8 Å². The number of aromatic nitrogens is 3. The number of ether oxygens (including phenoxy) is 3. The first-order valence-electron chi connectivity index (χ1n) is 7.90. The molecule has 5 atom stereocenters. The molecule has 120 valence electrons. The standard InChI is InChI=1S/C14H20N4O4/c1-13(2)21-11-12(22-13)20-8-6-18-10(14(8,11)19)9(16-17-18)7-4-3-5-15-7/h7-8,11-12,15,19H,3-6H2,1-2H3/t7-,8+,11-,12+,14-/m0/s1. The van der Waals surface area contributed by atoms with Crippen molar-refractivity contribution in [3.63, 3.8) is 0 Å². The van der Waals surface area contributed by atoms with Gasteiger partial charge in [-0.2, -0.15) is 0 Å². The van der Waals surface area contributed by atoms with Gasteiger partial charge >= 0.3 is 0 Å². The highest BCUT2D eigenvalue weighted by molar-refractivity contribution is 5.32. The highest BCUT2D eigenvalue weighted by atomic mass is 16.8. The van der Waals surface area contributed by atoms with Gasteiger partial charge in [-0.3, -0.25) is 0 Å². The molecule has 0 unspecified atom stereocenters. The summed E-state index contributed by atoms with van der Waals surface area (Å²) in [6, 6.07) is 0.140. The van der Waals surface area contributed by atoms with E-state index in [4.69, 9.17) is 14.2 Å². The van der Waals surface area contributed by atoms with Gasteiger partial charge in [-0.15, -0.1) is 5.10 Å². The molecule has 2 N–H and O–H groups in total. The van der Waals surface area contributed by atoms with Crippen LogP contribution >= 0.6 is 0 Å². The van der Waals surface area contributed by atoms with E-state index >= 15 is 0 Å². The summed E-state index contributed by atoms with van der Waals surface area (Å²) in [4.78, 5) is 0. The van der Waals surface area contributed by atoms with Crippen LogP contribution < -0.4 is 5.32 Å². The lowest BCUT2D eigenvalue weighted by Gasteiger charge is -2.29. The van der Waals surface area contributed by atoms with Crippen molar-refractivity contribution < 1.29 is 19.3 Å². The molecule has 1 aromatic rings. The third-order valence-electron chi connectivity index (χ3n) is 5.15. The number of fused-ring (bicyclic) bond motifs is 5. The van der Waals surface area contributed by atoms with Crippen molar-refractivity contribution in [2.24, 2.45) is 0 Å². The van der Waals surface area contributed by atoms with Gasteiger partial charge < -0.3 is 24.6 Å². The van der Waals surface area contributed by atoms with Gasteiger partial charge in [0.15, 0.2) is 17.7 Å². The topological polar surface area (TPSA) is 90.7 Å². The zero-order valence-corrected chi connectivity index (χ0v) is 12.7. The van der Waals surface area contributed by atoms with Crippen LogP contribution in [0.5, 0.6) is 0 Å². The van der Waals surface area contributed by atoms with Crippen LogP contribution in [0.1, 0.15) is 44.1 Å². The predicted octanol–water partition coefficient (Wildman–Crippen LogP) is -0.220. The van der Waals surface area contributed by atoms with Crippen LogP contribution in [0, 0.1) is 0 Å². The second-order valence-electron chi connectivity index (χ2n) is 7.03. The molecule has 22 heavy (non-hydrogen) atoms. The molecule has 5 rings (SSSR count). The molecule has 8 nitrogen and oxygen atoms in total. The first-order valence-corrected chi connectivity index (χ1v) is 7.90. The van der Waals surface area contributed by atoms with Crippen molar-refractivity contribution in [2.75, 3.05) is 6.54 Å². The summed E-state index contributed by atoms with van der Waals surface area (Å²) in [5.74, 6) is -0.761. The molecule has 0 bridgehead atoms. The summed E-state index contributed by atoms with van der Waals surface area (Å²) in [5, 5.41) is 23.4. The highest BCUT2D eigenvalue weighted by Gasteiger charge is 2.68. The summed E-state index contributed by atoms with van der Waals surface area (Å²) in [6.45, 7) is 5.10. The van der Waals surface area contributed by atoms with E-state index in [2.05, 4.69) is 15.6 Å². The Hall–Kier alpha value is -1.06. The lowest BCUT2D eigenvalue weighted by atomic mass is 9.88. The van der Waals surface area contributed by atoms with Crippen molar-refractivity contribution in [3.8, 4) is 0 Å². The molecule has 0 aromatic carbocycles. The molecule has 0 spiro atoms. The van der Waals surface area contributed by atoms with Crippen LogP contribution in [0.15, 0.2) is 0 Å². The minimum atomic E-state index is -1.25. The Morgan fingerprint density at radius 1 is 1.36 bits per heavy atom. The average molecular weight is 308 g/mol. The van der Waals surface area contributed by atoms with Crippen molar-refractivity contribution in [3.05, 3.63) is 11.4 Å². The van der Waals surface area contributed by atoms with E-state index in [1.807, 2.05) is 13.8 Å². The molecule has 8 heteroatoms. The largest absolute Gasteiger partial charge is 0.378 e. The van der Waals surface area contributed by atoms with E-state index < -0.39 is 29.9 Å². The first kappa shape index (κ1) is 13.4. The minimum Gasteiger partial charge on any atom is -0.378 e. The molecular weight excluding hydrogens is 288 g/mol. The van der Waals surface area contributed by atoms with Crippen LogP contribution in [0.2, 0.25) is 0 Å². The molecule has 3 fully saturated rings. The molecule has 0 aliphatic carbocycles. The number of hydrogen-bond donors (Lipinski definition) is 2. The first-order chi connectivity index (χ1) is 10.5. The predicted molar refractivity (Wildman–Crippen MR) is 72.6 cm³/mol. The molecule has 5 heterocycles. The second kappa shape index (κ2) is 4.07. The van der Waals surface area contributed by atoms with Crippen molar-refractivity contribution >= 4 is 0 Å². The normalized spacial score (nSPS) is 45.0. The maximum Gasteiger partial charge on any atom is 0.191 e. The number of nitrogens with zero attached hydrogens (tertiary/aromatic N) is 3. The number of rotatable bonds is 1. The van der Waals surface area contributed by atoms with Gasteiger partial charge in [0.1, 0.15) is 23.6 Å². The second-order valence-corrected chi connectivity index (χ2v) is 7.03. The molecule has 4 aliphatic heterocycles. The summed E-state index contributed by atoms with van der Waals surface area (Å²) in [6.07, 6.45) is 0.618. The van der Waals surface area contributed by atoms with Gasteiger partial charge in [0, 0.05) is 0 Å². The Labute approximate surface area is 127 Å². The van der Waals surface area contributed by atoms with Gasteiger partial charge in [-0.05, 0) is 33.2 Å². The van der Waals surface area contributed by atoms with Crippen LogP contribution in [0.3, 0.4) is 0 Å². The van der Waals surface area contributed by atoms with Crippen LogP contribution in [-0.2, 0) is 26.4 Å². The van der Waals surface area contributed by atoms with Crippen LogP contribution in [0.4, 0.5) is 0 Å². The van der Waals surface area contributed by atoms with Gasteiger partial charge in [0.25, 0.3) is 0 Å². The molecule has 0 radical (unpaired) electrons. The summed E-state index contributed by atoms with van der Waals surface area (Å²) >= 11 is 0. The Morgan fingerprint density at radius 3 is 3.00 bits per heavy atom. The molecule has 1 aromatic heterocycles. The third kappa shape index (κ3) is 1.54. The van der Waals surface area contributed by atoms with Gasteiger partial charge in [0.05, 0.1) is 12.6 Å². The summed E-state index contributed by atoms with van der Waals surface area (Å²) in [5.41, 5.74) is 0.299. The summed E-state index contributed by atoms with van der Waals surface area (Å²) in [7, 11) is 0.